The first-order valence-electron chi connectivity index (χ1n) is 13.8. The van der Waals surface area contributed by atoms with Crippen molar-refractivity contribution >= 4 is 94.1 Å². The Morgan fingerprint density at radius 1 is 1.04 bits per heavy atom. The first-order valence-corrected chi connectivity index (χ1v) is 19.3. The third kappa shape index (κ3) is 6.64. The Balaban J connectivity index is 1.43. The van der Waals surface area contributed by atoms with Crippen LogP contribution in [0.2, 0.25) is 10.0 Å². The highest BCUT2D eigenvalue weighted by atomic mass is 35.5. The van der Waals surface area contributed by atoms with Crippen LogP contribution in [0.25, 0.3) is 21.9 Å². The number of nitrogens with zero attached hydrogens (tertiary/aromatic N) is 3. The lowest BCUT2D eigenvalue weighted by molar-refractivity contribution is -0.668. The summed E-state index contributed by atoms with van der Waals surface area (Å²) in [7, 11) is -8.44. The fourth-order valence-electron chi connectivity index (χ4n) is 5.73. The van der Waals surface area contributed by atoms with Crippen molar-refractivity contribution in [3.8, 4) is 0 Å². The van der Waals surface area contributed by atoms with Crippen molar-refractivity contribution in [2.75, 3.05) is 12.3 Å². The topological polar surface area (TPSA) is 126 Å². The van der Waals surface area contributed by atoms with Crippen molar-refractivity contribution in [3.05, 3.63) is 105 Å². The van der Waals surface area contributed by atoms with Gasteiger partial charge in [0.15, 0.2) is 17.3 Å². The Morgan fingerprint density at radius 2 is 1.78 bits per heavy atom. The van der Waals surface area contributed by atoms with E-state index in [-0.39, 0.29) is 16.7 Å². The Kier molecular flexibility index (Phi) is 9.02. The van der Waals surface area contributed by atoms with Gasteiger partial charge in [0, 0.05) is 53.1 Å². The van der Waals surface area contributed by atoms with E-state index in [1.165, 1.54) is 23.1 Å². The van der Waals surface area contributed by atoms with E-state index in [2.05, 4.69) is 4.98 Å². The first-order chi connectivity index (χ1) is 21.3. The second kappa shape index (κ2) is 12.5. The van der Waals surface area contributed by atoms with Crippen molar-refractivity contribution in [2.45, 2.75) is 29.7 Å². The van der Waals surface area contributed by atoms with Gasteiger partial charge in [-0.15, -0.1) is 0 Å². The maximum Gasteiger partial charge on any atom is 0.320 e. The minimum absolute atomic E-state index is 0.00464. The molecule has 2 aliphatic rings. The fraction of sp³-hybridized carbons (Fsp3) is 0.200. The van der Waals surface area contributed by atoms with Gasteiger partial charge in [0.2, 0.25) is 10.9 Å². The van der Waals surface area contributed by atoms with Crippen LogP contribution in [0.15, 0.2) is 89.1 Å². The number of aromatic nitrogens is 2. The van der Waals surface area contributed by atoms with Crippen LogP contribution < -0.4 is 9.05 Å². The van der Waals surface area contributed by atoms with Crippen molar-refractivity contribution in [2.24, 2.45) is 0 Å². The third-order valence-electron chi connectivity index (χ3n) is 7.83. The van der Waals surface area contributed by atoms with Crippen LogP contribution in [-0.2, 0) is 26.8 Å². The minimum atomic E-state index is -4.34. The number of benzene rings is 2. The molecule has 0 aliphatic carbocycles. The molecule has 2 aliphatic heterocycles. The summed E-state index contributed by atoms with van der Waals surface area (Å²) in [6.45, 7) is 0.869. The molecule has 4 aromatic rings. The van der Waals surface area contributed by atoms with Crippen molar-refractivity contribution < 1.29 is 30.5 Å². The number of hydrogen-bond donors (Lipinski definition) is 2. The smallest absolute Gasteiger partial charge is 0.286 e. The Morgan fingerprint density at radius 3 is 2.47 bits per heavy atom. The molecule has 9 nitrogen and oxygen atoms in total. The van der Waals surface area contributed by atoms with Crippen LogP contribution in [-0.4, -0.2) is 48.6 Å². The van der Waals surface area contributed by atoms with E-state index in [0.717, 1.165) is 42.0 Å². The summed E-state index contributed by atoms with van der Waals surface area (Å²) in [5.74, 6) is -0.361. The summed E-state index contributed by atoms with van der Waals surface area (Å²) in [5.41, 5.74) is 3.34. The number of allylic oxidation sites excluding steroid dienone is 4. The summed E-state index contributed by atoms with van der Waals surface area (Å²) in [6.07, 6.45) is 11.6. The van der Waals surface area contributed by atoms with Gasteiger partial charge in [-0.3, -0.25) is 14.1 Å². The monoisotopic (exact) mass is 723 g/mol. The van der Waals surface area contributed by atoms with E-state index in [9.17, 15) is 25.9 Å². The van der Waals surface area contributed by atoms with Crippen LogP contribution in [0.1, 0.15) is 23.4 Å². The zero-order valence-electron chi connectivity index (χ0n) is 23.5. The molecule has 2 aromatic heterocycles. The van der Waals surface area contributed by atoms with Crippen LogP contribution in [0, 0.1) is 0 Å². The number of aryl methyl sites for hydroxylation is 1. The number of halogens is 2. The van der Waals surface area contributed by atoms with E-state index in [1.807, 2.05) is 65.3 Å². The molecule has 234 valence electrons. The Bertz CT molecular complexity index is 2120. The van der Waals surface area contributed by atoms with Gasteiger partial charge in [-0.2, -0.15) is 21.4 Å². The minimum Gasteiger partial charge on any atom is -0.286 e. The van der Waals surface area contributed by atoms with Crippen molar-refractivity contribution in [1.29, 1.82) is 0 Å². The highest BCUT2D eigenvalue weighted by Gasteiger charge is 2.61. The number of hydrogen-bond acceptors (Lipinski definition) is 7. The number of thioether (sulfide) groups is 1. The first kappa shape index (κ1) is 32.4. The normalized spacial score (nSPS) is 21.2. The number of rotatable bonds is 9. The largest absolute Gasteiger partial charge is 0.320 e. The van der Waals surface area contributed by atoms with Crippen LogP contribution in [0.4, 0.5) is 5.69 Å². The van der Waals surface area contributed by atoms with Gasteiger partial charge < -0.3 is 0 Å². The van der Waals surface area contributed by atoms with Crippen LogP contribution in [0.5, 0.6) is 0 Å². The lowest BCUT2D eigenvalue weighted by Crippen LogP contribution is -2.66. The number of fused-ring (bicyclic) bond motifs is 3. The molecule has 15 heteroatoms. The summed E-state index contributed by atoms with van der Waals surface area (Å²) in [5, 5.41) is 1.69. The van der Waals surface area contributed by atoms with E-state index in [0.29, 0.717) is 29.6 Å². The number of pyridine rings is 1. The van der Waals surface area contributed by atoms with Gasteiger partial charge in [-0.1, -0.05) is 34.5 Å². The van der Waals surface area contributed by atoms with E-state index in [4.69, 9.17) is 23.2 Å². The van der Waals surface area contributed by atoms with E-state index in [1.54, 1.807) is 24.5 Å². The molecular formula is C30H27Cl2N3O6S4+2. The quantitative estimate of drug-likeness (QED) is 0.0833. The molecule has 0 bridgehead atoms. The second-order valence-electron chi connectivity index (χ2n) is 10.6. The predicted octanol–water partition coefficient (Wildman–Crippen LogP) is 6.84. The summed E-state index contributed by atoms with van der Waals surface area (Å²) in [6, 6.07) is 14.6. The molecule has 2 N–H and O–H groups in total. The molecule has 2 unspecified atom stereocenters. The SMILES string of the molecule is O=S(=O)(O)CCC[n+]1c(C=CC(=CC=C2Sc3cc(Cl)ccc3[N+]23CCC3S(=O)(=O)O)c2ccncc2)sc2cc(Cl)ccc21. The van der Waals surface area contributed by atoms with Gasteiger partial charge in [0.05, 0.1) is 23.6 Å². The van der Waals surface area contributed by atoms with Crippen LogP contribution >= 0.6 is 46.3 Å². The molecule has 0 radical (unpaired) electrons. The summed E-state index contributed by atoms with van der Waals surface area (Å²) in [4.78, 5) is 4.98. The maximum atomic E-state index is 12.5. The average Bonchev–Trinajstić information content (AvgIpc) is 3.46. The molecule has 4 heterocycles. The molecule has 2 atom stereocenters. The molecular weight excluding hydrogens is 698 g/mol. The summed E-state index contributed by atoms with van der Waals surface area (Å²) < 4.78 is 70.0. The number of quaternary nitrogens is 1. The highest BCUT2D eigenvalue weighted by molar-refractivity contribution is 8.03. The molecule has 0 saturated carbocycles. The highest BCUT2D eigenvalue weighted by Crippen LogP contribution is 2.58. The third-order valence-corrected chi connectivity index (χ3v) is 12.7. The molecule has 1 saturated heterocycles. The standard InChI is InChI=1S/C30H25Cl2N3O6S4/c31-22-4-6-24-26(18-22)42-28(34(24)15-1-17-44(36,37)38)8-2-20(21-10-13-33-14-11-21)3-9-29-35(16-12-30(35)45(39,40)41)25-7-5-23(32)19-27(25)43-29/h2-11,13-14,18-19,30H,1,12,15-17H2/p+2. The summed E-state index contributed by atoms with van der Waals surface area (Å²) >= 11 is 15.5. The second-order valence-corrected chi connectivity index (χ2v) is 16.7. The van der Waals surface area contributed by atoms with E-state index >= 15 is 0 Å². The fourth-order valence-corrected chi connectivity index (χ4v) is 10.4. The molecule has 1 fully saturated rings. The average molecular weight is 725 g/mol. The van der Waals surface area contributed by atoms with Gasteiger partial charge in [-0.05, 0) is 71.4 Å². The Hall–Kier alpha value is -2.59. The number of thiazole rings is 1. The molecule has 2 aromatic carbocycles. The predicted molar refractivity (Wildman–Crippen MR) is 181 cm³/mol. The van der Waals surface area contributed by atoms with Gasteiger partial charge in [0.25, 0.3) is 15.1 Å². The lowest BCUT2D eigenvalue weighted by Gasteiger charge is -2.47. The van der Waals surface area contributed by atoms with Gasteiger partial charge in [-0.25, -0.2) is 4.48 Å². The molecule has 1 spiro atoms. The van der Waals surface area contributed by atoms with E-state index < -0.39 is 25.6 Å². The van der Waals surface area contributed by atoms with Crippen LogP contribution in [0.3, 0.4) is 0 Å². The zero-order valence-corrected chi connectivity index (χ0v) is 28.2. The van der Waals surface area contributed by atoms with Crippen molar-refractivity contribution in [1.82, 2.24) is 9.47 Å². The zero-order chi connectivity index (χ0) is 32.0. The van der Waals surface area contributed by atoms with Gasteiger partial charge in [0.1, 0.15) is 4.70 Å². The maximum absolute atomic E-state index is 12.5. The van der Waals surface area contributed by atoms with Crippen molar-refractivity contribution in [3.63, 3.8) is 0 Å². The lowest BCUT2D eigenvalue weighted by atomic mass is 10.1. The Labute approximate surface area is 279 Å². The molecule has 0 amide bonds. The molecule has 45 heavy (non-hydrogen) atoms. The van der Waals surface area contributed by atoms with Gasteiger partial charge >= 0.3 is 10.1 Å². The molecule has 6 rings (SSSR count).